The van der Waals surface area contributed by atoms with Crippen molar-refractivity contribution in [3.05, 3.63) is 89.5 Å². The molecule has 5 atom stereocenters. The first-order chi connectivity index (χ1) is 27.9. The van der Waals surface area contributed by atoms with E-state index in [9.17, 15) is 0 Å². The van der Waals surface area contributed by atoms with Crippen LogP contribution >= 0.6 is 0 Å². The minimum absolute atomic E-state index is 0.333. The van der Waals surface area contributed by atoms with E-state index in [0.29, 0.717) is 43.7 Å². The summed E-state index contributed by atoms with van der Waals surface area (Å²) in [5.74, 6) is 0. The van der Waals surface area contributed by atoms with Crippen LogP contribution in [0.15, 0.2) is 77.8 Å². The molecule has 0 aromatic heterocycles. The van der Waals surface area contributed by atoms with Crippen molar-refractivity contribution in [1.82, 2.24) is 0 Å². The van der Waals surface area contributed by atoms with Crippen LogP contribution in [-0.2, 0) is 54.5 Å². The summed E-state index contributed by atoms with van der Waals surface area (Å²) >= 11 is 0. The summed E-state index contributed by atoms with van der Waals surface area (Å²) in [6.07, 6.45) is 5.83. The van der Waals surface area contributed by atoms with Gasteiger partial charge in [0.2, 0.25) is 0 Å². The van der Waals surface area contributed by atoms with Crippen LogP contribution in [0.5, 0.6) is 0 Å². The van der Waals surface area contributed by atoms with E-state index in [4.69, 9.17) is 41.7 Å². The highest BCUT2D eigenvalue weighted by Gasteiger charge is 2.37. The summed E-state index contributed by atoms with van der Waals surface area (Å²) in [6, 6.07) is 27.1. The molecule has 5 saturated heterocycles. The lowest BCUT2D eigenvalue weighted by atomic mass is 10.0. The van der Waals surface area contributed by atoms with Crippen LogP contribution in [0.3, 0.4) is 0 Å². The molecule has 6 aliphatic rings. The zero-order chi connectivity index (χ0) is 39.5. The first kappa shape index (κ1) is 41.9. The lowest BCUT2D eigenvalue weighted by molar-refractivity contribution is 0.100. The Kier molecular flexibility index (Phi) is 15.2. The highest BCUT2D eigenvalue weighted by molar-refractivity contribution is 6.60. The average Bonchev–Trinajstić information content (AvgIpc) is 4.03. The molecule has 0 bridgehead atoms. The van der Waals surface area contributed by atoms with Crippen LogP contribution in [0.25, 0.3) is 0 Å². The number of rotatable bonds is 22. The fourth-order valence-corrected chi connectivity index (χ4v) is 8.55. The molecule has 0 radical (unpaired) electrons. The quantitative estimate of drug-likeness (QED) is 0.0689. The Labute approximate surface area is 339 Å². The van der Waals surface area contributed by atoms with E-state index in [-0.39, 0.29) is 0 Å². The number of epoxide rings is 5. The van der Waals surface area contributed by atoms with Crippen LogP contribution in [0.1, 0.15) is 36.5 Å². The molecule has 3 aromatic carbocycles. The summed E-state index contributed by atoms with van der Waals surface area (Å²) in [4.78, 5) is 9.28. The Bertz CT molecular complexity index is 1580. The second kappa shape index (κ2) is 20.7. The zero-order valence-electron chi connectivity index (χ0n) is 34.1. The van der Waals surface area contributed by atoms with Gasteiger partial charge in [0.25, 0.3) is 0 Å². The number of fused-ring (bicyclic) bond motifs is 1. The number of nitrogens with zero attached hydrogens (tertiary/aromatic N) is 3. The fourth-order valence-electron chi connectivity index (χ4n) is 6.86. The topological polar surface area (TPSA) is 118 Å². The number of benzene rings is 3. The fraction of sp³-hybridized carbons (Fsp3) is 0.568. The van der Waals surface area contributed by atoms with Gasteiger partial charge < -0.3 is 51.5 Å². The summed E-state index contributed by atoms with van der Waals surface area (Å²) in [7, 11) is 2.48. The molecule has 0 N–H and O–H groups in total. The third-order valence-electron chi connectivity index (χ3n) is 10.8. The van der Waals surface area contributed by atoms with Gasteiger partial charge in [0.15, 0.2) is 0 Å². The molecule has 5 fully saturated rings. The van der Waals surface area contributed by atoms with Gasteiger partial charge >= 0.3 is 8.80 Å². The minimum atomic E-state index is -2.39. The molecule has 3 aromatic rings. The van der Waals surface area contributed by atoms with Gasteiger partial charge in [-0.1, -0.05) is 49.4 Å². The molecule has 9 rings (SSSR count). The first-order valence-corrected chi connectivity index (χ1v) is 22.5. The van der Waals surface area contributed by atoms with Crippen LogP contribution in [0.4, 0.5) is 17.1 Å². The first-order valence-electron chi connectivity index (χ1n) is 20.6. The van der Waals surface area contributed by atoms with E-state index in [2.05, 4.69) is 88.4 Å². The Morgan fingerprint density at radius 1 is 0.632 bits per heavy atom. The van der Waals surface area contributed by atoms with Gasteiger partial charge in [-0.2, -0.15) is 0 Å². The number of anilines is 2. The zero-order valence-corrected chi connectivity index (χ0v) is 35.1. The van der Waals surface area contributed by atoms with Gasteiger partial charge in [0.05, 0.1) is 69.7 Å². The molecular weight excluding hydrogens is 743 g/mol. The minimum Gasteiger partial charge on any atom is -0.379 e. The molecule has 6 aliphatic heterocycles. The van der Waals surface area contributed by atoms with Crippen molar-refractivity contribution < 1.29 is 41.7 Å². The maximum Gasteiger partial charge on any atom is 0.500 e. The van der Waals surface area contributed by atoms with Crippen molar-refractivity contribution >= 4 is 31.6 Å². The number of hydrogen-bond acceptors (Lipinski definition) is 12. The van der Waals surface area contributed by atoms with Gasteiger partial charge in [-0.25, -0.2) is 0 Å². The van der Waals surface area contributed by atoms with Gasteiger partial charge in [0.1, 0.15) is 6.10 Å². The van der Waals surface area contributed by atoms with Crippen LogP contribution < -0.4 is 9.80 Å². The van der Waals surface area contributed by atoms with Gasteiger partial charge in [-0.15, -0.1) is 0 Å². The lowest BCUT2D eigenvalue weighted by Gasteiger charge is -2.24. The Hall–Kier alpha value is -3.21. The smallest absolute Gasteiger partial charge is 0.379 e. The van der Waals surface area contributed by atoms with Crippen molar-refractivity contribution in [2.45, 2.75) is 69.2 Å². The van der Waals surface area contributed by atoms with E-state index in [1.807, 2.05) is 6.07 Å². The number of para-hydroxylation sites is 1. The number of aliphatic imine (C=N–C) groups is 1. The van der Waals surface area contributed by atoms with Gasteiger partial charge in [0, 0.05) is 83.7 Å². The van der Waals surface area contributed by atoms with Crippen molar-refractivity contribution in [3.63, 3.8) is 0 Å². The van der Waals surface area contributed by atoms with Crippen LogP contribution in [0.2, 0.25) is 6.04 Å². The second-order valence-electron chi connectivity index (χ2n) is 15.4. The van der Waals surface area contributed by atoms with Crippen molar-refractivity contribution in [3.8, 4) is 0 Å². The Morgan fingerprint density at radius 2 is 1.09 bits per heavy atom. The number of ether oxygens (including phenoxy) is 6. The summed E-state index contributed by atoms with van der Waals surface area (Å²) in [5, 5.41) is 0. The highest BCUT2D eigenvalue weighted by Crippen LogP contribution is 2.28. The van der Waals surface area contributed by atoms with Gasteiger partial charge in [-0.05, 0) is 66.3 Å². The standard InChI is InChI=1S/C25H30N2O4.C10H11N.C9H20O5Si/c1-5-20(26(10-22-14-28-22)11-23-15-29-23)6-2-18(1)9-19-3-7-21(8-4-19)27(12-24-16-30-24)13-25-17-31-25;1-2-9-7-8-5-3-4-6-10(8)11-9;1-10-15(11-2,12-3)6-4-5-13-7-9-8-14-9/h1-8,22-25H,9-17H2;3-6H,2,7H2,1H3;9H,4-8H2,1-3H3. The van der Waals surface area contributed by atoms with Crippen molar-refractivity contribution in [2.75, 3.05) is 104 Å². The van der Waals surface area contributed by atoms with E-state index < -0.39 is 8.80 Å². The normalized spacial score (nSPS) is 23.2. The second-order valence-corrected chi connectivity index (χ2v) is 18.5. The summed E-state index contributed by atoms with van der Waals surface area (Å²) in [5.41, 5.74) is 9.03. The van der Waals surface area contributed by atoms with E-state index in [1.165, 1.54) is 39.5 Å². The van der Waals surface area contributed by atoms with Crippen molar-refractivity contribution in [1.29, 1.82) is 0 Å². The predicted octanol–water partition coefficient (Wildman–Crippen LogP) is 5.88. The molecule has 0 spiro atoms. The van der Waals surface area contributed by atoms with Crippen molar-refractivity contribution in [2.24, 2.45) is 4.99 Å². The Morgan fingerprint density at radius 3 is 1.49 bits per heavy atom. The van der Waals surface area contributed by atoms with Gasteiger partial charge in [-0.3, -0.25) is 4.99 Å². The molecule has 0 saturated carbocycles. The molecule has 57 heavy (non-hydrogen) atoms. The number of hydrogen-bond donors (Lipinski definition) is 0. The lowest BCUT2D eigenvalue weighted by Crippen LogP contribution is -2.42. The summed E-state index contributed by atoms with van der Waals surface area (Å²) in [6.45, 7) is 11.7. The maximum atomic E-state index is 5.44. The van der Waals surface area contributed by atoms with E-state index in [0.717, 1.165) is 90.9 Å². The Balaban J connectivity index is 0.000000158. The van der Waals surface area contributed by atoms with E-state index in [1.54, 1.807) is 21.3 Å². The van der Waals surface area contributed by atoms with Crippen LogP contribution in [-0.4, -0.2) is 139 Å². The molecule has 0 amide bonds. The predicted molar refractivity (Wildman–Crippen MR) is 223 cm³/mol. The molecule has 310 valence electrons. The third kappa shape index (κ3) is 14.0. The SMILES string of the molecule is CCC1=Nc2ccccc2C1.CO[Si](CCCOCC1CO1)(OC)OC.c1cc(N(CC2CO2)CC2CO2)ccc1Cc1ccc(N(CC2CO2)CC2CO2)cc1. The molecule has 13 heteroatoms. The molecule has 5 unspecified atom stereocenters. The molecule has 0 aliphatic carbocycles. The highest BCUT2D eigenvalue weighted by atomic mass is 28.4. The average molecular weight is 804 g/mol. The monoisotopic (exact) mass is 803 g/mol. The molecule has 6 heterocycles. The molecule has 12 nitrogen and oxygen atoms in total. The van der Waals surface area contributed by atoms with Crippen LogP contribution in [0, 0.1) is 0 Å². The maximum absolute atomic E-state index is 5.44. The molecular formula is C44H61N3O9Si. The third-order valence-corrected chi connectivity index (χ3v) is 13.6. The largest absolute Gasteiger partial charge is 0.500 e. The summed E-state index contributed by atoms with van der Waals surface area (Å²) < 4.78 is 48.1. The van der Waals surface area contributed by atoms with E-state index >= 15 is 0 Å².